The van der Waals surface area contributed by atoms with Crippen molar-refractivity contribution in [3.63, 3.8) is 0 Å². The lowest BCUT2D eigenvalue weighted by Gasteiger charge is -2.12. The zero-order valence-corrected chi connectivity index (χ0v) is 11.4. The molecule has 0 aromatic heterocycles. The Morgan fingerprint density at radius 1 is 1.38 bits per heavy atom. The number of anilines is 3. The average molecular weight is 290 g/mol. The van der Waals surface area contributed by atoms with Gasteiger partial charge in [0.1, 0.15) is 5.82 Å². The number of nitrogens with two attached hydrogens (primary N) is 1. The van der Waals surface area contributed by atoms with Crippen LogP contribution in [0.2, 0.25) is 0 Å². The van der Waals surface area contributed by atoms with E-state index in [1.54, 1.807) is 13.2 Å². The summed E-state index contributed by atoms with van der Waals surface area (Å²) < 4.78 is 18.7. The van der Waals surface area contributed by atoms with Crippen molar-refractivity contribution in [1.29, 1.82) is 0 Å². The summed E-state index contributed by atoms with van der Waals surface area (Å²) in [4.78, 5) is 10.8. The maximum absolute atomic E-state index is 13.7. The Hall–Kier alpha value is -2.60. The molecule has 4 N–H and O–H groups in total. The fourth-order valence-corrected chi connectivity index (χ4v) is 1.92. The van der Waals surface area contributed by atoms with Gasteiger partial charge in [0, 0.05) is 18.9 Å². The van der Waals surface area contributed by atoms with Gasteiger partial charge in [-0.25, -0.2) is 9.18 Å². The van der Waals surface area contributed by atoms with Gasteiger partial charge in [0.15, 0.2) is 0 Å². The topological polar surface area (TPSA) is 84.6 Å². The van der Waals surface area contributed by atoms with E-state index < -0.39 is 17.3 Å². The summed E-state index contributed by atoms with van der Waals surface area (Å²) >= 11 is 0. The molecular formula is C15H15FN2O3. The molecule has 0 radical (unpaired) electrons. The van der Waals surface area contributed by atoms with Crippen molar-refractivity contribution >= 4 is 23.0 Å². The number of methoxy groups -OCH3 is 1. The van der Waals surface area contributed by atoms with E-state index in [9.17, 15) is 9.18 Å². The van der Waals surface area contributed by atoms with Crippen LogP contribution in [0.15, 0.2) is 36.4 Å². The number of nitrogen functional groups attached to an aromatic ring is 1. The summed E-state index contributed by atoms with van der Waals surface area (Å²) in [6, 6.07) is 9.52. The summed E-state index contributed by atoms with van der Waals surface area (Å²) in [7, 11) is 1.60. The average Bonchev–Trinajstić information content (AvgIpc) is 2.43. The number of benzene rings is 2. The van der Waals surface area contributed by atoms with Crippen molar-refractivity contribution in [2.24, 2.45) is 0 Å². The van der Waals surface area contributed by atoms with Crippen LogP contribution in [0.5, 0.6) is 0 Å². The number of carboxylic acid groups (broad SMARTS) is 1. The lowest BCUT2D eigenvalue weighted by atomic mass is 10.1. The lowest BCUT2D eigenvalue weighted by Crippen LogP contribution is -2.05. The van der Waals surface area contributed by atoms with Crippen molar-refractivity contribution < 1.29 is 19.0 Å². The maximum atomic E-state index is 13.7. The Labute approximate surface area is 121 Å². The van der Waals surface area contributed by atoms with Crippen LogP contribution in [-0.2, 0) is 11.3 Å². The molecule has 5 nitrogen and oxygen atoms in total. The first-order valence-electron chi connectivity index (χ1n) is 6.18. The first-order valence-corrected chi connectivity index (χ1v) is 6.18. The first-order chi connectivity index (χ1) is 10.0. The van der Waals surface area contributed by atoms with Crippen molar-refractivity contribution in [2.75, 3.05) is 18.2 Å². The second-order valence-electron chi connectivity index (χ2n) is 4.48. The summed E-state index contributed by atoms with van der Waals surface area (Å²) in [6.45, 7) is 0.456. The molecule has 6 heteroatoms. The molecule has 2 aromatic carbocycles. The van der Waals surface area contributed by atoms with Crippen LogP contribution < -0.4 is 11.1 Å². The Morgan fingerprint density at radius 3 is 2.81 bits per heavy atom. The molecule has 2 aromatic rings. The summed E-state index contributed by atoms with van der Waals surface area (Å²) in [5, 5.41) is 11.8. The molecule has 0 saturated carbocycles. The number of halogens is 1. The van der Waals surface area contributed by atoms with Gasteiger partial charge in [0.25, 0.3) is 0 Å². The van der Waals surface area contributed by atoms with E-state index >= 15 is 0 Å². The van der Waals surface area contributed by atoms with Gasteiger partial charge in [-0.05, 0) is 23.8 Å². The zero-order valence-electron chi connectivity index (χ0n) is 11.4. The minimum absolute atomic E-state index is 0.158. The fourth-order valence-electron chi connectivity index (χ4n) is 1.92. The molecule has 0 spiro atoms. The molecule has 0 unspecified atom stereocenters. The highest BCUT2D eigenvalue weighted by Gasteiger charge is 2.13. The molecule has 0 amide bonds. The molecule has 0 bridgehead atoms. The van der Waals surface area contributed by atoms with Gasteiger partial charge in [0.2, 0.25) is 0 Å². The summed E-state index contributed by atoms with van der Waals surface area (Å²) in [5.74, 6) is -2.19. The standard InChI is InChI=1S/C15H15FN2O3/c1-21-8-9-3-2-4-10(5-9)18-14-7-12(16)11(15(19)20)6-13(14)17/h2-7,18H,8,17H2,1H3,(H,19,20). The van der Waals surface area contributed by atoms with Gasteiger partial charge in [-0.3, -0.25) is 0 Å². The molecule has 0 aliphatic heterocycles. The van der Waals surface area contributed by atoms with Crippen molar-refractivity contribution in [3.05, 3.63) is 53.3 Å². The smallest absolute Gasteiger partial charge is 0.338 e. The molecule has 0 aliphatic rings. The van der Waals surface area contributed by atoms with Crippen molar-refractivity contribution in [1.82, 2.24) is 0 Å². The molecule has 0 aliphatic carbocycles. The van der Waals surface area contributed by atoms with Crippen molar-refractivity contribution in [3.8, 4) is 0 Å². The number of hydrogen-bond acceptors (Lipinski definition) is 4. The maximum Gasteiger partial charge on any atom is 0.338 e. The number of ether oxygens (including phenoxy) is 1. The Morgan fingerprint density at radius 2 is 2.14 bits per heavy atom. The van der Waals surface area contributed by atoms with E-state index in [2.05, 4.69) is 5.32 Å². The Balaban J connectivity index is 2.29. The van der Waals surface area contributed by atoms with Crippen LogP contribution in [0.1, 0.15) is 15.9 Å². The minimum Gasteiger partial charge on any atom is -0.478 e. The molecule has 0 atom stereocenters. The Bertz CT molecular complexity index is 674. The van der Waals surface area contributed by atoms with Gasteiger partial charge in [0.05, 0.1) is 23.5 Å². The largest absolute Gasteiger partial charge is 0.478 e. The third-order valence-corrected chi connectivity index (χ3v) is 2.89. The quantitative estimate of drug-likeness (QED) is 0.737. The summed E-state index contributed by atoms with van der Waals surface area (Å²) in [6.07, 6.45) is 0. The van der Waals surface area contributed by atoms with Gasteiger partial charge >= 0.3 is 5.97 Å². The first kappa shape index (κ1) is 14.8. The van der Waals surface area contributed by atoms with Crippen LogP contribution >= 0.6 is 0 Å². The highest BCUT2D eigenvalue weighted by Crippen LogP contribution is 2.27. The van der Waals surface area contributed by atoms with E-state index in [0.29, 0.717) is 18.0 Å². The van der Waals surface area contributed by atoms with Gasteiger partial charge in [-0.2, -0.15) is 0 Å². The Kier molecular flexibility index (Phi) is 4.39. The molecule has 0 saturated heterocycles. The molecule has 0 heterocycles. The predicted molar refractivity (Wildman–Crippen MR) is 78.2 cm³/mol. The number of nitrogens with one attached hydrogen (secondary N) is 1. The van der Waals surface area contributed by atoms with Gasteiger partial charge < -0.3 is 20.9 Å². The van der Waals surface area contributed by atoms with E-state index in [0.717, 1.165) is 17.7 Å². The van der Waals surface area contributed by atoms with E-state index in [1.807, 2.05) is 18.2 Å². The molecule has 110 valence electrons. The monoisotopic (exact) mass is 290 g/mol. The lowest BCUT2D eigenvalue weighted by molar-refractivity contribution is 0.0692. The second kappa shape index (κ2) is 6.23. The van der Waals surface area contributed by atoms with E-state index in [1.165, 1.54) is 0 Å². The SMILES string of the molecule is COCc1cccc(Nc2cc(F)c(C(=O)O)cc2N)c1. The van der Waals surface area contributed by atoms with Crippen LogP contribution in [-0.4, -0.2) is 18.2 Å². The summed E-state index contributed by atoms with van der Waals surface area (Å²) in [5.41, 5.74) is 7.43. The number of hydrogen-bond donors (Lipinski definition) is 3. The number of carbonyl (C=O) groups is 1. The molecule has 0 fully saturated rings. The van der Waals surface area contributed by atoms with Crippen LogP contribution in [0.4, 0.5) is 21.5 Å². The normalized spacial score (nSPS) is 10.4. The zero-order chi connectivity index (χ0) is 15.4. The van der Waals surface area contributed by atoms with Crippen LogP contribution in [0, 0.1) is 5.82 Å². The predicted octanol–water partition coefficient (Wildman–Crippen LogP) is 3.00. The molecular weight excluding hydrogens is 275 g/mol. The van der Waals surface area contributed by atoms with E-state index in [4.69, 9.17) is 15.6 Å². The van der Waals surface area contributed by atoms with Crippen LogP contribution in [0.25, 0.3) is 0 Å². The number of aromatic carboxylic acids is 1. The second-order valence-corrected chi connectivity index (χ2v) is 4.48. The molecule has 21 heavy (non-hydrogen) atoms. The number of rotatable bonds is 5. The van der Waals surface area contributed by atoms with Crippen molar-refractivity contribution in [2.45, 2.75) is 6.61 Å². The fraction of sp³-hybridized carbons (Fsp3) is 0.133. The minimum atomic E-state index is -1.35. The highest BCUT2D eigenvalue weighted by molar-refractivity contribution is 5.91. The molecule has 2 rings (SSSR count). The number of carboxylic acids is 1. The third kappa shape index (κ3) is 3.49. The third-order valence-electron chi connectivity index (χ3n) is 2.89. The van der Waals surface area contributed by atoms with Crippen LogP contribution in [0.3, 0.4) is 0 Å². The highest BCUT2D eigenvalue weighted by atomic mass is 19.1. The van der Waals surface area contributed by atoms with Gasteiger partial charge in [-0.15, -0.1) is 0 Å². The van der Waals surface area contributed by atoms with Gasteiger partial charge in [-0.1, -0.05) is 12.1 Å². The van der Waals surface area contributed by atoms with E-state index in [-0.39, 0.29) is 5.69 Å².